The number of carbonyl (C=O) groups excluding carboxylic acids is 1. The van der Waals surface area contributed by atoms with Gasteiger partial charge in [-0.25, -0.2) is 0 Å². The van der Waals surface area contributed by atoms with Crippen molar-refractivity contribution in [3.8, 4) is 0 Å². The van der Waals surface area contributed by atoms with E-state index in [-0.39, 0.29) is 0 Å². The van der Waals surface area contributed by atoms with Crippen LogP contribution in [0.25, 0.3) is 0 Å². The van der Waals surface area contributed by atoms with Gasteiger partial charge in [0.15, 0.2) is 0 Å². The highest BCUT2D eigenvalue weighted by atomic mass is 32.2. The van der Waals surface area contributed by atoms with E-state index in [1.807, 2.05) is 23.7 Å². The first-order valence-corrected chi connectivity index (χ1v) is 6.50. The fraction of sp³-hybridized carbons (Fsp3) is 0.900. The maximum atomic E-state index is 12.0. The number of hydrogen-bond acceptors (Lipinski definition) is 3. The van der Waals surface area contributed by atoms with Crippen molar-refractivity contribution < 1.29 is 4.79 Å². The van der Waals surface area contributed by atoms with Crippen LogP contribution in [0.4, 0.5) is 0 Å². The first kappa shape index (κ1) is 10.3. The van der Waals surface area contributed by atoms with E-state index in [0.717, 1.165) is 31.7 Å². The van der Waals surface area contributed by atoms with Gasteiger partial charge in [0, 0.05) is 30.8 Å². The number of carbonyl (C=O) groups is 1. The van der Waals surface area contributed by atoms with Crippen LogP contribution in [0, 0.1) is 5.92 Å². The molecule has 2 fully saturated rings. The molecular formula is C10H18N2OS. The van der Waals surface area contributed by atoms with Crippen LogP contribution in [0.15, 0.2) is 0 Å². The van der Waals surface area contributed by atoms with Gasteiger partial charge in [0.1, 0.15) is 0 Å². The molecular weight excluding hydrogens is 196 g/mol. The Labute approximate surface area is 89.6 Å². The number of nitrogens with zero attached hydrogens (tertiary/aromatic N) is 1. The molecule has 14 heavy (non-hydrogen) atoms. The van der Waals surface area contributed by atoms with E-state index >= 15 is 0 Å². The lowest BCUT2D eigenvalue weighted by Crippen LogP contribution is -2.37. The maximum Gasteiger partial charge on any atom is 0.226 e. The molecule has 2 rings (SSSR count). The number of rotatable bonds is 2. The number of nitrogens with one attached hydrogen (secondary N) is 1. The van der Waals surface area contributed by atoms with Crippen molar-refractivity contribution in [3.63, 3.8) is 0 Å². The summed E-state index contributed by atoms with van der Waals surface area (Å²) in [6.07, 6.45) is 2.20. The van der Waals surface area contributed by atoms with Crippen molar-refractivity contribution >= 4 is 17.7 Å². The second-order valence-electron chi connectivity index (χ2n) is 4.12. The van der Waals surface area contributed by atoms with Gasteiger partial charge in [-0.05, 0) is 25.6 Å². The highest BCUT2D eigenvalue weighted by molar-refractivity contribution is 7.99. The Morgan fingerprint density at radius 1 is 1.50 bits per heavy atom. The molecule has 2 unspecified atom stereocenters. The molecule has 80 valence electrons. The predicted molar refractivity (Wildman–Crippen MR) is 59.5 cm³/mol. The molecule has 0 saturated carbocycles. The highest BCUT2D eigenvalue weighted by Crippen LogP contribution is 2.26. The summed E-state index contributed by atoms with van der Waals surface area (Å²) in [5.41, 5.74) is 0. The number of likely N-dealkylation sites (tertiary alicyclic amines) is 1. The summed E-state index contributed by atoms with van der Waals surface area (Å²) in [6.45, 7) is 1.86. The number of hydrogen-bond donors (Lipinski definition) is 1. The molecule has 2 aliphatic rings. The fourth-order valence-electron chi connectivity index (χ4n) is 2.18. The molecule has 0 bridgehead atoms. The summed E-state index contributed by atoms with van der Waals surface area (Å²) in [5, 5.41) is 3.24. The smallest absolute Gasteiger partial charge is 0.226 e. The molecule has 2 saturated heterocycles. The van der Waals surface area contributed by atoms with Gasteiger partial charge in [-0.3, -0.25) is 4.79 Å². The van der Waals surface area contributed by atoms with Crippen LogP contribution in [-0.2, 0) is 4.79 Å². The number of likely N-dealkylation sites (N-methyl/N-ethyl adjacent to an activating group) is 1. The maximum absolute atomic E-state index is 12.0. The Bertz CT molecular complexity index is 216. The topological polar surface area (TPSA) is 32.3 Å². The Kier molecular flexibility index (Phi) is 3.34. The molecule has 0 aromatic heterocycles. The third-order valence-electron chi connectivity index (χ3n) is 3.19. The largest absolute Gasteiger partial charge is 0.341 e. The molecule has 0 aromatic rings. The van der Waals surface area contributed by atoms with Gasteiger partial charge in [0.25, 0.3) is 0 Å². The van der Waals surface area contributed by atoms with Crippen LogP contribution in [0.2, 0.25) is 0 Å². The van der Waals surface area contributed by atoms with Crippen LogP contribution in [-0.4, -0.2) is 48.5 Å². The Morgan fingerprint density at radius 3 is 2.93 bits per heavy atom. The van der Waals surface area contributed by atoms with Crippen LogP contribution in [0.1, 0.15) is 12.8 Å². The van der Waals surface area contributed by atoms with E-state index in [9.17, 15) is 4.79 Å². The Hall–Kier alpha value is -0.220. The van der Waals surface area contributed by atoms with Crippen LogP contribution >= 0.6 is 11.8 Å². The van der Waals surface area contributed by atoms with E-state index in [1.165, 1.54) is 5.75 Å². The van der Waals surface area contributed by atoms with Gasteiger partial charge in [-0.1, -0.05) is 0 Å². The van der Waals surface area contributed by atoms with Crippen molar-refractivity contribution in [1.82, 2.24) is 10.2 Å². The van der Waals surface area contributed by atoms with Crippen LogP contribution in [0.3, 0.4) is 0 Å². The normalized spacial score (nSPS) is 32.5. The monoisotopic (exact) mass is 214 g/mol. The van der Waals surface area contributed by atoms with E-state index in [0.29, 0.717) is 17.9 Å². The minimum Gasteiger partial charge on any atom is -0.341 e. The van der Waals surface area contributed by atoms with Crippen molar-refractivity contribution in [3.05, 3.63) is 0 Å². The van der Waals surface area contributed by atoms with Gasteiger partial charge in [0.2, 0.25) is 5.91 Å². The Balaban J connectivity index is 1.86. The summed E-state index contributed by atoms with van der Waals surface area (Å²) in [7, 11) is 1.98. The SMILES string of the molecule is CNC1CCN(C(=O)C2CCSC2)C1. The van der Waals surface area contributed by atoms with Crippen LogP contribution < -0.4 is 5.32 Å². The zero-order valence-electron chi connectivity index (χ0n) is 8.66. The lowest BCUT2D eigenvalue weighted by atomic mass is 10.1. The van der Waals surface area contributed by atoms with E-state index in [1.54, 1.807) is 0 Å². The van der Waals surface area contributed by atoms with E-state index in [4.69, 9.17) is 0 Å². The van der Waals surface area contributed by atoms with E-state index < -0.39 is 0 Å². The standard InChI is InChI=1S/C10H18N2OS/c1-11-9-2-4-12(6-9)10(13)8-3-5-14-7-8/h8-9,11H,2-7H2,1H3. The molecule has 1 N–H and O–H groups in total. The molecule has 4 heteroatoms. The van der Waals surface area contributed by atoms with Gasteiger partial charge in [0.05, 0.1) is 0 Å². The molecule has 1 amide bonds. The second kappa shape index (κ2) is 4.53. The van der Waals surface area contributed by atoms with Crippen LogP contribution in [0.5, 0.6) is 0 Å². The first-order valence-electron chi connectivity index (χ1n) is 5.35. The molecule has 0 spiro atoms. The third kappa shape index (κ3) is 2.06. The first-order chi connectivity index (χ1) is 6.81. The molecule has 0 aromatic carbocycles. The lowest BCUT2D eigenvalue weighted by Gasteiger charge is -2.19. The summed E-state index contributed by atoms with van der Waals surface area (Å²) in [6, 6.07) is 0.521. The predicted octanol–water partition coefficient (Wildman–Crippen LogP) is 0.560. The molecule has 2 atom stereocenters. The van der Waals surface area contributed by atoms with Gasteiger partial charge in [-0.15, -0.1) is 0 Å². The third-order valence-corrected chi connectivity index (χ3v) is 4.35. The van der Waals surface area contributed by atoms with Crippen molar-refractivity contribution in [2.75, 3.05) is 31.6 Å². The average molecular weight is 214 g/mol. The Morgan fingerprint density at radius 2 is 2.36 bits per heavy atom. The van der Waals surface area contributed by atoms with E-state index in [2.05, 4.69) is 5.32 Å². The summed E-state index contributed by atoms with van der Waals surface area (Å²) in [4.78, 5) is 14.0. The second-order valence-corrected chi connectivity index (χ2v) is 5.27. The minimum absolute atomic E-state index is 0.315. The van der Waals surface area contributed by atoms with Crippen molar-refractivity contribution in [1.29, 1.82) is 0 Å². The summed E-state index contributed by atoms with van der Waals surface area (Å²) in [5.74, 6) is 2.92. The lowest BCUT2D eigenvalue weighted by molar-refractivity contribution is -0.133. The van der Waals surface area contributed by atoms with Gasteiger partial charge < -0.3 is 10.2 Å². The fourth-order valence-corrected chi connectivity index (χ4v) is 3.40. The minimum atomic E-state index is 0.315. The quantitative estimate of drug-likeness (QED) is 0.729. The van der Waals surface area contributed by atoms with Crippen molar-refractivity contribution in [2.45, 2.75) is 18.9 Å². The molecule has 3 nitrogen and oxygen atoms in total. The molecule has 2 aliphatic heterocycles. The number of amides is 1. The zero-order valence-corrected chi connectivity index (χ0v) is 9.48. The van der Waals surface area contributed by atoms with Gasteiger partial charge >= 0.3 is 0 Å². The van der Waals surface area contributed by atoms with Crippen molar-refractivity contribution in [2.24, 2.45) is 5.92 Å². The highest BCUT2D eigenvalue weighted by Gasteiger charge is 2.31. The average Bonchev–Trinajstić information content (AvgIpc) is 2.88. The molecule has 2 heterocycles. The summed E-state index contributed by atoms with van der Waals surface area (Å²) >= 11 is 1.91. The number of thioether (sulfide) groups is 1. The van der Waals surface area contributed by atoms with Gasteiger partial charge in [-0.2, -0.15) is 11.8 Å². The molecule has 0 aliphatic carbocycles. The summed E-state index contributed by atoms with van der Waals surface area (Å²) < 4.78 is 0. The molecule has 0 radical (unpaired) electrons. The zero-order chi connectivity index (χ0) is 9.97.